The Bertz CT molecular complexity index is 868. The first-order chi connectivity index (χ1) is 12.7. The number of anilines is 2. The van der Waals surface area contributed by atoms with Crippen LogP contribution in [0.15, 0.2) is 66.2 Å². The minimum Gasteiger partial charge on any atom is -0.325 e. The van der Waals surface area contributed by atoms with Crippen LogP contribution in [0, 0.1) is 0 Å². The van der Waals surface area contributed by atoms with Crippen LogP contribution >= 0.6 is 23.1 Å². The summed E-state index contributed by atoms with van der Waals surface area (Å²) in [5, 5.41) is 7.86. The highest BCUT2D eigenvalue weighted by Crippen LogP contribution is 2.19. The van der Waals surface area contributed by atoms with Crippen LogP contribution in [0.3, 0.4) is 0 Å². The molecule has 0 bridgehead atoms. The lowest BCUT2D eigenvalue weighted by Crippen LogP contribution is -2.19. The van der Waals surface area contributed by atoms with E-state index in [2.05, 4.69) is 15.6 Å². The zero-order chi connectivity index (χ0) is 18.2. The van der Waals surface area contributed by atoms with E-state index in [1.807, 2.05) is 30.3 Å². The molecule has 5 nitrogen and oxygen atoms in total. The highest BCUT2D eigenvalue weighted by molar-refractivity contribution is 7.99. The number of nitrogens with one attached hydrogen (secondary N) is 2. The molecule has 3 rings (SSSR count). The summed E-state index contributed by atoms with van der Waals surface area (Å²) in [6.45, 7) is 0. The number of carbonyl (C=O) groups excluding carboxylic acids is 2. The summed E-state index contributed by atoms with van der Waals surface area (Å²) >= 11 is 2.87. The second kappa shape index (κ2) is 9.17. The molecule has 0 aliphatic heterocycles. The molecule has 2 amide bonds. The Balaban J connectivity index is 1.57. The maximum atomic E-state index is 12.4. The van der Waals surface area contributed by atoms with Gasteiger partial charge in [-0.05, 0) is 17.7 Å². The molecule has 2 N–H and O–H groups in total. The van der Waals surface area contributed by atoms with Crippen LogP contribution in [-0.4, -0.2) is 22.6 Å². The summed E-state index contributed by atoms with van der Waals surface area (Å²) < 4.78 is 0. The molecule has 132 valence electrons. The van der Waals surface area contributed by atoms with E-state index < -0.39 is 0 Å². The molecule has 7 heteroatoms. The van der Waals surface area contributed by atoms with E-state index in [1.165, 1.54) is 28.7 Å². The first-order valence-corrected chi connectivity index (χ1v) is 9.97. The van der Waals surface area contributed by atoms with Crippen LogP contribution in [0.1, 0.15) is 15.9 Å². The second-order valence-electron chi connectivity index (χ2n) is 5.36. The molecule has 0 spiro atoms. The van der Waals surface area contributed by atoms with E-state index >= 15 is 0 Å². The van der Waals surface area contributed by atoms with Crippen LogP contribution < -0.4 is 10.6 Å². The fourth-order valence-corrected chi connectivity index (χ4v) is 3.57. The predicted octanol–water partition coefficient (Wildman–Crippen LogP) is 4.27. The monoisotopic (exact) mass is 383 g/mol. The van der Waals surface area contributed by atoms with Crippen LogP contribution in [0.2, 0.25) is 0 Å². The summed E-state index contributed by atoms with van der Waals surface area (Å²) in [6, 6.07) is 16.9. The topological polar surface area (TPSA) is 71.1 Å². The summed E-state index contributed by atoms with van der Waals surface area (Å²) in [5.41, 5.74) is 2.07. The van der Waals surface area contributed by atoms with E-state index in [0.717, 1.165) is 5.75 Å². The molecule has 1 aromatic heterocycles. The van der Waals surface area contributed by atoms with Gasteiger partial charge in [0.25, 0.3) is 5.91 Å². The van der Waals surface area contributed by atoms with E-state index in [-0.39, 0.29) is 11.8 Å². The Morgan fingerprint density at radius 2 is 1.77 bits per heavy atom. The third-order valence-electron chi connectivity index (χ3n) is 3.44. The SMILES string of the molecule is O=C(CSCc1ccccc1)Nc1ccccc1C(=O)Nc1nccs1. The number of hydrogen-bond acceptors (Lipinski definition) is 5. The number of benzene rings is 2. The molecule has 26 heavy (non-hydrogen) atoms. The van der Waals surface area contributed by atoms with Crippen molar-refractivity contribution in [2.75, 3.05) is 16.4 Å². The number of hydrogen-bond donors (Lipinski definition) is 2. The molecular formula is C19H17N3O2S2. The minimum absolute atomic E-state index is 0.138. The van der Waals surface area contributed by atoms with Crippen molar-refractivity contribution in [3.05, 3.63) is 77.3 Å². The average Bonchev–Trinajstić information content (AvgIpc) is 3.16. The zero-order valence-electron chi connectivity index (χ0n) is 13.8. The molecule has 0 aliphatic rings. The van der Waals surface area contributed by atoms with Crippen molar-refractivity contribution in [3.8, 4) is 0 Å². The largest absolute Gasteiger partial charge is 0.325 e. The van der Waals surface area contributed by atoms with Crippen molar-refractivity contribution >= 4 is 45.7 Å². The van der Waals surface area contributed by atoms with Crippen LogP contribution in [0.4, 0.5) is 10.8 Å². The molecule has 0 saturated heterocycles. The lowest BCUT2D eigenvalue weighted by atomic mass is 10.1. The quantitative estimate of drug-likeness (QED) is 0.639. The number of nitrogens with zero attached hydrogens (tertiary/aromatic N) is 1. The number of aromatic nitrogens is 1. The lowest BCUT2D eigenvalue weighted by molar-refractivity contribution is -0.113. The molecule has 0 radical (unpaired) electrons. The van der Waals surface area contributed by atoms with Gasteiger partial charge in [-0.15, -0.1) is 23.1 Å². The van der Waals surface area contributed by atoms with E-state index in [9.17, 15) is 9.59 Å². The number of carbonyl (C=O) groups is 2. The highest BCUT2D eigenvalue weighted by atomic mass is 32.2. The summed E-state index contributed by atoms with van der Waals surface area (Å²) in [6.07, 6.45) is 1.62. The van der Waals surface area contributed by atoms with Gasteiger partial charge in [0.15, 0.2) is 5.13 Å². The van der Waals surface area contributed by atoms with Crippen molar-refractivity contribution in [1.82, 2.24) is 4.98 Å². The van der Waals surface area contributed by atoms with Gasteiger partial charge in [0.2, 0.25) is 5.91 Å². The average molecular weight is 383 g/mol. The van der Waals surface area contributed by atoms with Gasteiger partial charge >= 0.3 is 0 Å². The third-order valence-corrected chi connectivity index (χ3v) is 5.14. The Hall–Kier alpha value is -2.64. The van der Waals surface area contributed by atoms with Crippen molar-refractivity contribution in [1.29, 1.82) is 0 Å². The number of thiazole rings is 1. The molecule has 3 aromatic rings. The molecule has 0 atom stereocenters. The molecule has 0 fully saturated rings. The molecule has 1 heterocycles. The smallest absolute Gasteiger partial charge is 0.259 e. The van der Waals surface area contributed by atoms with Crippen LogP contribution in [0.25, 0.3) is 0 Å². The highest BCUT2D eigenvalue weighted by Gasteiger charge is 2.14. The van der Waals surface area contributed by atoms with Crippen molar-refractivity contribution < 1.29 is 9.59 Å². The van der Waals surface area contributed by atoms with Crippen LogP contribution in [-0.2, 0) is 10.5 Å². The maximum Gasteiger partial charge on any atom is 0.259 e. The first kappa shape index (κ1) is 18.2. The standard InChI is InChI=1S/C19H17N3O2S2/c23-17(13-25-12-14-6-2-1-3-7-14)21-16-9-5-4-8-15(16)18(24)22-19-20-10-11-26-19/h1-11H,12-13H2,(H,21,23)(H,20,22,24). The van der Waals surface area contributed by atoms with Gasteiger partial charge in [-0.3, -0.25) is 14.9 Å². The minimum atomic E-state index is -0.298. The predicted molar refractivity (Wildman–Crippen MR) is 108 cm³/mol. The molecule has 0 unspecified atom stereocenters. The fourth-order valence-electron chi connectivity index (χ4n) is 2.26. The maximum absolute atomic E-state index is 12.4. The Labute approximate surface area is 159 Å². The second-order valence-corrected chi connectivity index (χ2v) is 7.24. The zero-order valence-corrected chi connectivity index (χ0v) is 15.5. The number of thioether (sulfide) groups is 1. The van der Waals surface area contributed by atoms with E-state index in [0.29, 0.717) is 22.1 Å². The van der Waals surface area contributed by atoms with Gasteiger partial charge in [-0.1, -0.05) is 42.5 Å². The lowest BCUT2D eigenvalue weighted by Gasteiger charge is -2.10. The van der Waals surface area contributed by atoms with Gasteiger partial charge < -0.3 is 5.32 Å². The normalized spacial score (nSPS) is 10.3. The third kappa shape index (κ3) is 5.18. The molecule has 0 saturated carbocycles. The first-order valence-electron chi connectivity index (χ1n) is 7.94. The van der Waals surface area contributed by atoms with Gasteiger partial charge in [-0.2, -0.15) is 0 Å². The number of rotatable bonds is 7. The fraction of sp³-hybridized carbons (Fsp3) is 0.105. The summed E-state index contributed by atoms with van der Waals surface area (Å²) in [5.74, 6) is 0.644. The molecule has 2 aromatic carbocycles. The summed E-state index contributed by atoms with van der Waals surface area (Å²) in [4.78, 5) is 28.7. The van der Waals surface area contributed by atoms with E-state index in [4.69, 9.17) is 0 Å². The van der Waals surface area contributed by atoms with Crippen molar-refractivity contribution in [2.24, 2.45) is 0 Å². The summed E-state index contributed by atoms with van der Waals surface area (Å²) in [7, 11) is 0. The molecular weight excluding hydrogens is 366 g/mol. The number of para-hydroxylation sites is 1. The van der Waals surface area contributed by atoms with Crippen molar-refractivity contribution in [2.45, 2.75) is 5.75 Å². The van der Waals surface area contributed by atoms with Gasteiger partial charge in [-0.25, -0.2) is 4.98 Å². The Morgan fingerprint density at radius 1 is 1.00 bits per heavy atom. The number of amides is 2. The van der Waals surface area contributed by atoms with Crippen molar-refractivity contribution in [3.63, 3.8) is 0 Å². The van der Waals surface area contributed by atoms with Gasteiger partial charge in [0, 0.05) is 17.3 Å². The molecule has 0 aliphatic carbocycles. The van der Waals surface area contributed by atoms with Gasteiger partial charge in [0.1, 0.15) is 0 Å². The van der Waals surface area contributed by atoms with Crippen LogP contribution in [0.5, 0.6) is 0 Å². The van der Waals surface area contributed by atoms with E-state index in [1.54, 1.807) is 35.8 Å². The Kier molecular flexibility index (Phi) is 6.40. The Morgan fingerprint density at radius 3 is 2.54 bits per heavy atom. The van der Waals surface area contributed by atoms with Gasteiger partial charge in [0.05, 0.1) is 17.0 Å².